The topological polar surface area (TPSA) is 127 Å². The number of H-pyrrole nitrogens is 1. The highest BCUT2D eigenvalue weighted by atomic mass is 16.5. The monoisotopic (exact) mass is 606 g/mol. The smallest absolute Gasteiger partial charge is 0.207 e. The highest BCUT2D eigenvalue weighted by Crippen LogP contribution is 2.33. The van der Waals surface area contributed by atoms with Crippen LogP contribution in [0.2, 0.25) is 0 Å². The maximum atomic E-state index is 10.6. The summed E-state index contributed by atoms with van der Waals surface area (Å²) in [6.45, 7) is 4.22. The summed E-state index contributed by atoms with van der Waals surface area (Å²) in [6.07, 6.45) is 6.52. The number of aryl methyl sites for hydroxylation is 3. The molecule has 0 saturated heterocycles. The van der Waals surface area contributed by atoms with E-state index in [1.54, 1.807) is 25.3 Å². The van der Waals surface area contributed by atoms with E-state index in [2.05, 4.69) is 47.3 Å². The molecule has 5 rings (SSSR count). The van der Waals surface area contributed by atoms with Gasteiger partial charge < -0.3 is 19.8 Å². The number of anilines is 1. The summed E-state index contributed by atoms with van der Waals surface area (Å²) in [6, 6.07) is 29.3. The van der Waals surface area contributed by atoms with Crippen LogP contribution in [0.3, 0.4) is 0 Å². The van der Waals surface area contributed by atoms with E-state index in [4.69, 9.17) is 20.3 Å². The lowest BCUT2D eigenvalue weighted by molar-refractivity contribution is -0.109. The van der Waals surface area contributed by atoms with Gasteiger partial charge in [-0.1, -0.05) is 61.5 Å². The predicted molar refractivity (Wildman–Crippen MR) is 183 cm³/mol. The van der Waals surface area contributed by atoms with E-state index >= 15 is 0 Å². The molecular weight excluding hydrogens is 564 g/mol. The van der Waals surface area contributed by atoms with Gasteiger partial charge in [0.1, 0.15) is 23.2 Å². The van der Waals surface area contributed by atoms with Crippen LogP contribution in [0.1, 0.15) is 30.2 Å². The normalized spacial score (nSPS) is 9.96. The number of carbonyl (C=O) groups is 1. The van der Waals surface area contributed by atoms with E-state index in [1.165, 1.54) is 28.5 Å². The molecule has 0 bridgehead atoms. The van der Waals surface area contributed by atoms with Crippen LogP contribution in [0.5, 0.6) is 11.5 Å². The van der Waals surface area contributed by atoms with Gasteiger partial charge in [0.2, 0.25) is 6.41 Å². The van der Waals surface area contributed by atoms with Crippen molar-refractivity contribution in [2.24, 2.45) is 0 Å². The average Bonchev–Trinajstić information content (AvgIpc) is 3.48. The minimum absolute atomic E-state index is 0.00635. The summed E-state index contributed by atoms with van der Waals surface area (Å²) < 4.78 is 10.6. The summed E-state index contributed by atoms with van der Waals surface area (Å²) in [7, 11) is 3.08. The maximum absolute atomic E-state index is 10.6. The second kappa shape index (κ2) is 18.3. The number of amides is 1. The molecule has 0 unspecified atom stereocenters. The number of aromatic nitrogens is 2. The minimum Gasteiger partial charge on any atom is -0.497 e. The molecule has 0 fully saturated rings. The molecule has 0 atom stereocenters. The average molecular weight is 607 g/mol. The molecule has 1 amide bonds. The lowest BCUT2D eigenvalue weighted by Gasteiger charge is -2.27. The fourth-order valence-electron chi connectivity index (χ4n) is 4.48. The fraction of sp³-hybridized carbons (Fsp3) is 0.222. The molecule has 0 aliphatic heterocycles. The van der Waals surface area contributed by atoms with Crippen molar-refractivity contribution in [3.05, 3.63) is 120 Å². The lowest BCUT2D eigenvalue weighted by Crippen LogP contribution is -2.41. The summed E-state index contributed by atoms with van der Waals surface area (Å²) in [4.78, 5) is 19.4. The zero-order valence-corrected chi connectivity index (χ0v) is 26.3. The highest BCUT2D eigenvalue weighted by molar-refractivity contribution is 6.18. The number of hydrogen-bond acceptors (Lipinski definition) is 6. The molecule has 5 aromatic rings. The Labute approximate surface area is 265 Å². The molecule has 2 heterocycles. The van der Waals surface area contributed by atoms with Crippen LogP contribution in [0.15, 0.2) is 103 Å². The van der Waals surface area contributed by atoms with Crippen molar-refractivity contribution in [2.45, 2.75) is 33.1 Å². The van der Waals surface area contributed by atoms with Gasteiger partial charge in [0.05, 0.1) is 26.5 Å². The van der Waals surface area contributed by atoms with Crippen LogP contribution in [-0.2, 0) is 17.6 Å². The zero-order chi connectivity index (χ0) is 32.4. The van der Waals surface area contributed by atoms with Crippen molar-refractivity contribution in [1.82, 2.24) is 15.3 Å². The second-order valence-electron chi connectivity index (χ2n) is 9.94. The third-order valence-electron chi connectivity index (χ3n) is 6.90. The number of pyridine rings is 1. The molecule has 9 heteroatoms. The van der Waals surface area contributed by atoms with E-state index in [0.717, 1.165) is 17.7 Å². The van der Waals surface area contributed by atoms with Crippen molar-refractivity contribution in [3.8, 4) is 11.5 Å². The number of amidine groups is 2. The number of nitrogens with zero attached hydrogens (tertiary/aromatic N) is 2. The molecule has 9 nitrogen and oxygen atoms in total. The van der Waals surface area contributed by atoms with Crippen LogP contribution >= 0.6 is 0 Å². The van der Waals surface area contributed by atoms with Crippen molar-refractivity contribution in [1.29, 1.82) is 10.8 Å². The van der Waals surface area contributed by atoms with E-state index in [1.807, 2.05) is 67.0 Å². The number of para-hydroxylation sites is 1. The summed E-state index contributed by atoms with van der Waals surface area (Å²) in [5.74, 6) is 1.40. The molecule has 234 valence electrons. The second-order valence-corrected chi connectivity index (χ2v) is 9.94. The molecule has 0 spiro atoms. The molecule has 4 N–H and O–H groups in total. The molecule has 3 aromatic carbocycles. The Morgan fingerprint density at radius 1 is 0.933 bits per heavy atom. The Kier molecular flexibility index (Phi) is 13.8. The first kappa shape index (κ1) is 34.1. The van der Waals surface area contributed by atoms with Gasteiger partial charge in [-0.2, -0.15) is 0 Å². The Morgan fingerprint density at radius 3 is 2.29 bits per heavy atom. The zero-order valence-electron chi connectivity index (χ0n) is 26.3. The predicted octanol–water partition coefficient (Wildman–Crippen LogP) is 6.96. The number of nitrogens with one attached hydrogen (secondary N) is 4. The molecular formula is C36H42N6O3. The fourth-order valence-corrected chi connectivity index (χ4v) is 4.48. The Balaban J connectivity index is 0.000000245. The molecule has 0 saturated carbocycles. The van der Waals surface area contributed by atoms with Gasteiger partial charge in [0.15, 0.2) is 0 Å². The number of methoxy groups -OCH3 is 2. The number of rotatable bonds is 10. The van der Waals surface area contributed by atoms with Gasteiger partial charge in [0, 0.05) is 41.5 Å². The van der Waals surface area contributed by atoms with Crippen molar-refractivity contribution >= 4 is 34.7 Å². The van der Waals surface area contributed by atoms with Crippen LogP contribution in [0.4, 0.5) is 5.69 Å². The Hall–Kier alpha value is -5.44. The molecule has 0 aliphatic rings. The van der Waals surface area contributed by atoms with Crippen LogP contribution in [-0.4, -0.2) is 48.8 Å². The van der Waals surface area contributed by atoms with Crippen LogP contribution in [0.25, 0.3) is 10.9 Å². The van der Waals surface area contributed by atoms with Gasteiger partial charge in [0.25, 0.3) is 0 Å². The molecule has 0 aliphatic carbocycles. The summed E-state index contributed by atoms with van der Waals surface area (Å²) in [5.41, 5.74) is 5.36. The number of ether oxygens (including phenoxy) is 2. The maximum Gasteiger partial charge on any atom is 0.207 e. The van der Waals surface area contributed by atoms with Crippen LogP contribution < -0.4 is 19.7 Å². The number of hydrogen-bond donors (Lipinski definition) is 4. The van der Waals surface area contributed by atoms with E-state index < -0.39 is 0 Å². The van der Waals surface area contributed by atoms with Crippen molar-refractivity contribution in [3.63, 3.8) is 0 Å². The van der Waals surface area contributed by atoms with Gasteiger partial charge in [-0.05, 0) is 61.2 Å². The first-order valence-corrected chi connectivity index (χ1v) is 14.7. The number of carbonyl (C=O) groups excluding carboxylic acids is 1. The first-order valence-electron chi connectivity index (χ1n) is 14.7. The highest BCUT2D eigenvalue weighted by Gasteiger charge is 2.21. The van der Waals surface area contributed by atoms with E-state index in [9.17, 15) is 4.79 Å². The van der Waals surface area contributed by atoms with E-state index in [-0.39, 0.29) is 18.2 Å². The number of fused-ring (bicyclic) bond motifs is 1. The van der Waals surface area contributed by atoms with Gasteiger partial charge in [-0.15, -0.1) is 0 Å². The summed E-state index contributed by atoms with van der Waals surface area (Å²) in [5, 5.41) is 20.7. The Morgan fingerprint density at radius 2 is 1.67 bits per heavy atom. The third-order valence-corrected chi connectivity index (χ3v) is 6.90. The van der Waals surface area contributed by atoms with Gasteiger partial charge in [-0.3, -0.25) is 25.5 Å². The SMILES string of the molecule is CCc1ccccn1.COc1ccc(N(C(=N)CCc2ccccc2)C(=N)CNC=O)c(OC)c1.Cc1c[nH]c2ccccc12. The Bertz CT molecular complexity index is 1640. The number of benzene rings is 3. The van der Waals surface area contributed by atoms with Crippen molar-refractivity contribution in [2.75, 3.05) is 25.7 Å². The minimum atomic E-state index is 0.00635. The number of aromatic amines is 1. The third kappa shape index (κ3) is 10.4. The summed E-state index contributed by atoms with van der Waals surface area (Å²) >= 11 is 0. The molecule has 45 heavy (non-hydrogen) atoms. The molecule has 2 aromatic heterocycles. The molecule has 0 radical (unpaired) electrons. The standard InChI is InChI=1S/C20H24N4O3.C9H9N.C7H9N/c1-26-16-9-10-17(18(12-16)27-2)24(20(22)13-23-14-25)19(21)11-8-15-6-4-3-5-7-15;1-7-6-10-9-5-3-2-4-8(7)9;1-2-7-5-3-4-6-8-7/h3-7,9-10,12,14,21-22H,8,11,13H2,1-2H3,(H,23,25);2-6,10H,1H3;3-6H,2H2,1H3. The van der Waals surface area contributed by atoms with Gasteiger partial charge in [-0.25, -0.2) is 0 Å². The van der Waals surface area contributed by atoms with Crippen molar-refractivity contribution < 1.29 is 14.3 Å². The van der Waals surface area contributed by atoms with Crippen LogP contribution in [0, 0.1) is 17.7 Å². The first-order chi connectivity index (χ1) is 21.9. The lowest BCUT2D eigenvalue weighted by atomic mass is 10.1. The largest absolute Gasteiger partial charge is 0.497 e. The van der Waals surface area contributed by atoms with Gasteiger partial charge >= 0.3 is 0 Å². The van der Waals surface area contributed by atoms with E-state index in [0.29, 0.717) is 36.4 Å². The quantitative estimate of drug-likeness (QED) is 0.0776.